The number of carbonyl (C=O) groups excluding carboxylic acids is 2. The van der Waals surface area contributed by atoms with E-state index in [-0.39, 0.29) is 36.7 Å². The van der Waals surface area contributed by atoms with E-state index >= 15 is 0 Å². The minimum atomic E-state index is -0.721. The van der Waals surface area contributed by atoms with Crippen LogP contribution >= 0.6 is 0 Å². The van der Waals surface area contributed by atoms with Crippen LogP contribution in [0.2, 0.25) is 0 Å². The Balaban J connectivity index is 1.88. The maximum absolute atomic E-state index is 13.5. The molecule has 0 aliphatic carbocycles. The number of hydrogen-bond donors (Lipinski definition) is 1. The third-order valence-corrected chi connectivity index (χ3v) is 5.61. The van der Waals surface area contributed by atoms with E-state index in [1.54, 1.807) is 4.90 Å². The van der Waals surface area contributed by atoms with Gasteiger partial charge in [-0.15, -0.1) is 0 Å². The van der Waals surface area contributed by atoms with Gasteiger partial charge in [-0.2, -0.15) is 0 Å². The summed E-state index contributed by atoms with van der Waals surface area (Å²) in [5.41, 5.74) is 2.99. The number of hydrogen-bond acceptors (Lipinski definition) is 3. The Morgan fingerprint density at radius 2 is 1.57 bits per heavy atom. The summed E-state index contributed by atoms with van der Waals surface area (Å²) in [7, 11) is 0. The van der Waals surface area contributed by atoms with E-state index in [4.69, 9.17) is 4.74 Å². The van der Waals surface area contributed by atoms with E-state index in [1.165, 1.54) is 24.3 Å². The molecule has 0 saturated heterocycles. The number of rotatable bonds is 11. The molecule has 0 aliphatic heterocycles. The highest BCUT2D eigenvalue weighted by molar-refractivity contribution is 5.88. The van der Waals surface area contributed by atoms with Crippen molar-refractivity contribution in [3.63, 3.8) is 0 Å². The molecule has 0 heterocycles. The molecule has 2 amide bonds. The Morgan fingerprint density at radius 1 is 0.914 bits per heavy atom. The first-order valence-corrected chi connectivity index (χ1v) is 11.9. The fourth-order valence-electron chi connectivity index (χ4n) is 3.63. The summed E-state index contributed by atoms with van der Waals surface area (Å²) < 4.78 is 18.9. The quantitative estimate of drug-likeness (QED) is 0.427. The zero-order valence-corrected chi connectivity index (χ0v) is 20.5. The maximum atomic E-state index is 13.5. The predicted molar refractivity (Wildman–Crippen MR) is 135 cm³/mol. The molecule has 0 radical (unpaired) electrons. The topological polar surface area (TPSA) is 58.6 Å². The number of carbonyl (C=O) groups is 2. The van der Waals surface area contributed by atoms with Crippen molar-refractivity contribution in [2.24, 2.45) is 5.92 Å². The standard InChI is InChI=1S/C29H33FN2O3/c1-21(2)18-31-29(34)27(17-23-7-5-4-6-8-23)32(19-24-11-9-22(3)10-12-24)28(33)20-35-26-15-13-25(30)14-16-26/h4-16,21,27H,17-20H2,1-3H3,(H,31,34). The van der Waals surface area contributed by atoms with Gasteiger partial charge in [0.1, 0.15) is 17.6 Å². The Hall–Kier alpha value is -3.67. The van der Waals surface area contributed by atoms with Crippen molar-refractivity contribution >= 4 is 11.8 Å². The molecule has 0 saturated carbocycles. The summed E-state index contributed by atoms with van der Waals surface area (Å²) >= 11 is 0. The summed E-state index contributed by atoms with van der Waals surface area (Å²) in [6, 6.07) is 22.3. The fourth-order valence-corrected chi connectivity index (χ4v) is 3.63. The molecular weight excluding hydrogens is 443 g/mol. The smallest absolute Gasteiger partial charge is 0.261 e. The summed E-state index contributed by atoms with van der Waals surface area (Å²) in [6.45, 7) is 6.57. The summed E-state index contributed by atoms with van der Waals surface area (Å²) in [5.74, 6) is -0.243. The van der Waals surface area contributed by atoms with Crippen molar-refractivity contribution in [2.45, 2.75) is 39.8 Å². The second-order valence-electron chi connectivity index (χ2n) is 9.09. The number of nitrogens with one attached hydrogen (secondary N) is 1. The SMILES string of the molecule is Cc1ccc(CN(C(=O)COc2ccc(F)cc2)C(Cc2ccccc2)C(=O)NCC(C)C)cc1. The minimum absolute atomic E-state index is 0.204. The highest BCUT2D eigenvalue weighted by Gasteiger charge is 2.30. The van der Waals surface area contributed by atoms with Crippen LogP contribution in [0.4, 0.5) is 4.39 Å². The van der Waals surface area contributed by atoms with Crippen molar-refractivity contribution in [3.8, 4) is 5.75 Å². The molecule has 1 N–H and O–H groups in total. The van der Waals surface area contributed by atoms with Crippen LogP contribution in [-0.2, 0) is 22.6 Å². The van der Waals surface area contributed by atoms with Gasteiger partial charge in [-0.25, -0.2) is 4.39 Å². The van der Waals surface area contributed by atoms with Gasteiger partial charge in [0.2, 0.25) is 5.91 Å². The van der Waals surface area contributed by atoms with Crippen molar-refractivity contribution < 1.29 is 18.7 Å². The molecule has 1 unspecified atom stereocenters. The van der Waals surface area contributed by atoms with Crippen molar-refractivity contribution in [3.05, 3.63) is 101 Å². The average Bonchev–Trinajstić information content (AvgIpc) is 2.86. The maximum Gasteiger partial charge on any atom is 0.261 e. The zero-order valence-electron chi connectivity index (χ0n) is 20.5. The van der Waals surface area contributed by atoms with E-state index in [0.717, 1.165) is 16.7 Å². The normalized spacial score (nSPS) is 11.7. The van der Waals surface area contributed by atoms with Crippen LogP contribution in [0.1, 0.15) is 30.5 Å². The van der Waals surface area contributed by atoms with Gasteiger partial charge in [0.15, 0.2) is 6.61 Å². The Labute approximate surface area is 206 Å². The lowest BCUT2D eigenvalue weighted by molar-refractivity contribution is -0.142. The lowest BCUT2D eigenvalue weighted by atomic mass is 10.0. The van der Waals surface area contributed by atoms with Gasteiger partial charge in [-0.05, 0) is 48.2 Å². The second kappa shape index (κ2) is 12.7. The third kappa shape index (κ3) is 8.25. The molecule has 3 aromatic carbocycles. The summed E-state index contributed by atoms with van der Waals surface area (Å²) in [6.07, 6.45) is 0.374. The zero-order chi connectivity index (χ0) is 25.2. The molecule has 3 rings (SSSR count). The van der Waals surface area contributed by atoms with Gasteiger partial charge in [0.05, 0.1) is 0 Å². The number of amides is 2. The molecule has 5 nitrogen and oxygen atoms in total. The van der Waals surface area contributed by atoms with Crippen LogP contribution in [-0.4, -0.2) is 35.9 Å². The Bertz CT molecular complexity index is 1080. The van der Waals surface area contributed by atoms with Gasteiger partial charge in [0.25, 0.3) is 5.91 Å². The molecule has 3 aromatic rings. The lowest BCUT2D eigenvalue weighted by Crippen LogP contribution is -2.52. The number of nitrogens with zero attached hydrogens (tertiary/aromatic N) is 1. The highest BCUT2D eigenvalue weighted by Crippen LogP contribution is 2.17. The Kier molecular flexibility index (Phi) is 9.41. The van der Waals surface area contributed by atoms with Crippen LogP contribution in [0, 0.1) is 18.7 Å². The molecule has 0 bridgehead atoms. The molecule has 6 heteroatoms. The van der Waals surface area contributed by atoms with E-state index in [1.807, 2.05) is 75.4 Å². The Morgan fingerprint density at radius 3 is 2.20 bits per heavy atom. The van der Waals surface area contributed by atoms with E-state index in [0.29, 0.717) is 18.7 Å². The van der Waals surface area contributed by atoms with E-state index < -0.39 is 6.04 Å². The molecule has 0 spiro atoms. The minimum Gasteiger partial charge on any atom is -0.484 e. The van der Waals surface area contributed by atoms with Gasteiger partial charge >= 0.3 is 0 Å². The van der Waals surface area contributed by atoms with Gasteiger partial charge in [-0.3, -0.25) is 9.59 Å². The monoisotopic (exact) mass is 476 g/mol. The van der Waals surface area contributed by atoms with Crippen LogP contribution < -0.4 is 10.1 Å². The van der Waals surface area contributed by atoms with Gasteiger partial charge < -0.3 is 15.0 Å². The van der Waals surface area contributed by atoms with Crippen LogP contribution in [0.3, 0.4) is 0 Å². The molecule has 1 atom stereocenters. The third-order valence-electron chi connectivity index (χ3n) is 5.61. The van der Waals surface area contributed by atoms with E-state index in [2.05, 4.69) is 5.32 Å². The van der Waals surface area contributed by atoms with Crippen molar-refractivity contribution in [1.82, 2.24) is 10.2 Å². The molecule has 0 fully saturated rings. The van der Waals surface area contributed by atoms with Gasteiger partial charge in [-0.1, -0.05) is 74.0 Å². The number of halogens is 1. The first-order chi connectivity index (χ1) is 16.8. The molecule has 184 valence electrons. The fraction of sp³-hybridized carbons (Fsp3) is 0.310. The molecule has 0 aliphatic rings. The van der Waals surface area contributed by atoms with Crippen molar-refractivity contribution in [1.29, 1.82) is 0 Å². The highest BCUT2D eigenvalue weighted by atomic mass is 19.1. The van der Waals surface area contributed by atoms with Crippen LogP contribution in [0.25, 0.3) is 0 Å². The first-order valence-electron chi connectivity index (χ1n) is 11.9. The summed E-state index contributed by atoms with van der Waals surface area (Å²) in [4.78, 5) is 28.4. The lowest BCUT2D eigenvalue weighted by Gasteiger charge is -2.31. The van der Waals surface area contributed by atoms with Crippen LogP contribution in [0.15, 0.2) is 78.9 Å². The number of aryl methyl sites for hydroxylation is 1. The van der Waals surface area contributed by atoms with Crippen molar-refractivity contribution in [2.75, 3.05) is 13.2 Å². The average molecular weight is 477 g/mol. The van der Waals surface area contributed by atoms with Crippen LogP contribution in [0.5, 0.6) is 5.75 Å². The largest absolute Gasteiger partial charge is 0.484 e. The van der Waals surface area contributed by atoms with E-state index in [9.17, 15) is 14.0 Å². The second-order valence-corrected chi connectivity index (χ2v) is 9.09. The first kappa shape index (κ1) is 25.9. The molecule has 35 heavy (non-hydrogen) atoms. The van der Waals surface area contributed by atoms with Gasteiger partial charge in [0, 0.05) is 19.5 Å². The molecule has 0 aromatic heterocycles. The molecular formula is C29H33FN2O3. The number of ether oxygens (including phenoxy) is 1. The predicted octanol–water partition coefficient (Wildman–Crippen LogP) is 4.93. The number of benzene rings is 3. The summed E-state index contributed by atoms with van der Waals surface area (Å²) in [5, 5.41) is 3.00.